The van der Waals surface area contributed by atoms with Crippen LogP contribution in [0.1, 0.15) is 63.5 Å². The van der Waals surface area contributed by atoms with E-state index in [-0.39, 0.29) is 6.61 Å². The van der Waals surface area contributed by atoms with E-state index in [0.717, 1.165) is 27.7 Å². The smallest absolute Gasteiger partial charge is 0.126 e. The molecular weight excluding hydrogens is 436 g/mol. The summed E-state index contributed by atoms with van der Waals surface area (Å²) in [4.78, 5) is 0. The summed E-state index contributed by atoms with van der Waals surface area (Å²) in [5, 5.41) is 8.92. The molecule has 0 unspecified atom stereocenters. The zero-order valence-corrected chi connectivity index (χ0v) is 18.1. The number of ether oxygens (including phenoxy) is 2. The second-order valence-electron chi connectivity index (χ2n) is 6.32. The third-order valence-electron chi connectivity index (χ3n) is 3.65. The third-order valence-corrected chi connectivity index (χ3v) is 4.30. The predicted octanol–water partition coefficient (Wildman–Crippen LogP) is 6.09. The average molecular weight is 464 g/mol. The predicted molar refractivity (Wildman–Crippen MR) is 108 cm³/mol. The molecule has 1 aromatic carbocycles. The summed E-state index contributed by atoms with van der Waals surface area (Å²) in [5.41, 5.74) is 2.34. The maximum atomic E-state index is 8.92. The molecule has 5 heteroatoms. The molecule has 0 radical (unpaired) electrons. The Morgan fingerprint density at radius 1 is 1.04 bits per heavy atom. The monoisotopic (exact) mass is 462 g/mol. The van der Waals surface area contributed by atoms with Gasteiger partial charge < -0.3 is 14.6 Å². The van der Waals surface area contributed by atoms with Gasteiger partial charge in [-0.15, -0.1) is 0 Å². The Balaban J connectivity index is 3.08. The summed E-state index contributed by atoms with van der Waals surface area (Å²) >= 11 is 6.67. The van der Waals surface area contributed by atoms with E-state index in [4.69, 9.17) is 14.6 Å². The molecule has 0 amide bonds. The van der Waals surface area contributed by atoms with Crippen LogP contribution in [-0.2, 0) is 0 Å². The first-order valence-electron chi connectivity index (χ1n) is 8.42. The van der Waals surface area contributed by atoms with Crippen LogP contribution in [0.25, 0.3) is 0 Å². The van der Waals surface area contributed by atoms with Crippen LogP contribution in [0.5, 0.6) is 11.5 Å². The summed E-state index contributed by atoms with van der Waals surface area (Å²) in [6.07, 6.45) is 3.54. The zero-order chi connectivity index (χ0) is 18.1. The maximum absolute atomic E-state index is 8.92. The highest BCUT2D eigenvalue weighted by atomic mass is 79.9. The molecule has 0 spiro atoms. The van der Waals surface area contributed by atoms with Crippen molar-refractivity contribution >= 4 is 31.9 Å². The lowest BCUT2D eigenvalue weighted by Crippen LogP contribution is -2.07. The highest BCUT2D eigenvalue weighted by Gasteiger charge is 2.18. The van der Waals surface area contributed by atoms with Gasteiger partial charge in [-0.2, -0.15) is 0 Å². The second kappa shape index (κ2) is 11.2. The molecule has 3 nitrogen and oxygen atoms in total. The Kier molecular flexibility index (Phi) is 10.0. The molecule has 0 aliphatic rings. The van der Waals surface area contributed by atoms with Gasteiger partial charge in [-0.1, -0.05) is 27.7 Å². The molecule has 0 heterocycles. The first-order valence-corrected chi connectivity index (χ1v) is 10.0. The largest absolute Gasteiger partial charge is 0.493 e. The van der Waals surface area contributed by atoms with E-state index in [0.29, 0.717) is 25.0 Å². The van der Waals surface area contributed by atoms with Crippen LogP contribution in [0.15, 0.2) is 21.6 Å². The Bertz CT molecular complexity index is 506. The van der Waals surface area contributed by atoms with Crippen molar-refractivity contribution < 1.29 is 14.6 Å². The summed E-state index contributed by atoms with van der Waals surface area (Å²) in [5.74, 6) is 2.53. The van der Waals surface area contributed by atoms with Crippen LogP contribution in [-0.4, -0.2) is 24.9 Å². The molecule has 0 atom stereocenters. The van der Waals surface area contributed by atoms with E-state index in [1.807, 2.05) is 6.08 Å². The van der Waals surface area contributed by atoms with Crippen LogP contribution >= 0.6 is 31.9 Å². The van der Waals surface area contributed by atoms with Crippen molar-refractivity contribution in [2.75, 3.05) is 19.8 Å². The van der Waals surface area contributed by atoms with Crippen molar-refractivity contribution in [2.45, 2.75) is 52.4 Å². The van der Waals surface area contributed by atoms with Crippen LogP contribution in [0.2, 0.25) is 0 Å². The number of aliphatic hydroxyl groups excluding tert-OH is 1. The van der Waals surface area contributed by atoms with Crippen LogP contribution < -0.4 is 9.47 Å². The molecular formula is C19H28Br2O3. The normalized spacial score (nSPS) is 11.0. The van der Waals surface area contributed by atoms with Crippen molar-refractivity contribution in [3.05, 3.63) is 32.7 Å². The van der Waals surface area contributed by atoms with Gasteiger partial charge >= 0.3 is 0 Å². The average Bonchev–Trinajstić information content (AvgIpc) is 2.51. The number of unbranched alkanes of at least 4 members (excludes halogenated alkanes) is 1. The number of halogens is 2. The van der Waals surface area contributed by atoms with E-state index in [2.05, 4.69) is 71.7 Å². The van der Waals surface area contributed by atoms with Gasteiger partial charge in [0.15, 0.2) is 0 Å². The topological polar surface area (TPSA) is 38.7 Å². The van der Waals surface area contributed by atoms with E-state index in [1.165, 1.54) is 11.1 Å². The van der Waals surface area contributed by atoms with Crippen LogP contribution in [0.4, 0.5) is 0 Å². The molecule has 1 aromatic rings. The quantitative estimate of drug-likeness (QED) is 0.426. The summed E-state index contributed by atoms with van der Waals surface area (Å²) < 4.78 is 12.9. The zero-order valence-electron chi connectivity index (χ0n) is 14.9. The second-order valence-corrected chi connectivity index (χ2v) is 9.10. The standard InChI is InChI=1S/C19H28Br2O3/c1-13(2)16-11-15(23-10-7-18(20)21)12-17(14(3)4)19(16)24-9-6-5-8-22/h7,11-14,22H,5-6,8-10H2,1-4H3. The van der Waals surface area contributed by atoms with E-state index in [9.17, 15) is 0 Å². The van der Waals surface area contributed by atoms with Crippen molar-refractivity contribution in [1.82, 2.24) is 0 Å². The van der Waals surface area contributed by atoms with Gasteiger partial charge in [0, 0.05) is 17.7 Å². The minimum absolute atomic E-state index is 0.209. The molecule has 1 rings (SSSR count). The molecule has 136 valence electrons. The van der Waals surface area contributed by atoms with Crippen LogP contribution in [0, 0.1) is 0 Å². The molecule has 0 fully saturated rings. The van der Waals surface area contributed by atoms with E-state index >= 15 is 0 Å². The Morgan fingerprint density at radius 3 is 2.08 bits per heavy atom. The first kappa shape index (κ1) is 21.5. The lowest BCUT2D eigenvalue weighted by molar-refractivity contribution is 0.250. The van der Waals surface area contributed by atoms with Gasteiger partial charge in [0.25, 0.3) is 0 Å². The molecule has 0 aromatic heterocycles. The fraction of sp³-hybridized carbons (Fsp3) is 0.579. The fourth-order valence-electron chi connectivity index (χ4n) is 2.34. The number of aliphatic hydroxyl groups is 1. The van der Waals surface area contributed by atoms with Crippen molar-refractivity contribution in [3.8, 4) is 11.5 Å². The molecule has 24 heavy (non-hydrogen) atoms. The van der Waals surface area contributed by atoms with Crippen molar-refractivity contribution in [1.29, 1.82) is 0 Å². The summed E-state index contributed by atoms with van der Waals surface area (Å²) in [6, 6.07) is 4.15. The van der Waals surface area contributed by atoms with E-state index < -0.39 is 0 Å². The Morgan fingerprint density at radius 2 is 1.62 bits per heavy atom. The summed E-state index contributed by atoms with van der Waals surface area (Å²) in [7, 11) is 0. The minimum atomic E-state index is 0.209. The highest BCUT2D eigenvalue weighted by molar-refractivity contribution is 9.28. The SMILES string of the molecule is CC(C)c1cc(OCC=C(Br)Br)cc(C(C)C)c1OCCCCO. The Labute approximate surface area is 162 Å². The minimum Gasteiger partial charge on any atom is -0.493 e. The lowest BCUT2D eigenvalue weighted by atomic mass is 9.93. The van der Waals surface area contributed by atoms with Crippen molar-refractivity contribution in [2.24, 2.45) is 0 Å². The van der Waals surface area contributed by atoms with Gasteiger partial charge in [-0.3, -0.25) is 0 Å². The van der Waals surface area contributed by atoms with Gasteiger partial charge in [-0.25, -0.2) is 0 Å². The highest BCUT2D eigenvalue weighted by Crippen LogP contribution is 2.38. The number of rotatable bonds is 10. The number of hydrogen-bond donors (Lipinski definition) is 1. The molecule has 1 N–H and O–H groups in total. The summed E-state index contributed by atoms with van der Waals surface area (Å²) in [6.45, 7) is 9.99. The first-order chi connectivity index (χ1) is 11.4. The lowest BCUT2D eigenvalue weighted by Gasteiger charge is -2.21. The molecule has 0 bridgehead atoms. The van der Waals surface area contributed by atoms with Crippen LogP contribution in [0.3, 0.4) is 0 Å². The molecule has 0 aliphatic carbocycles. The number of hydrogen-bond acceptors (Lipinski definition) is 3. The van der Waals surface area contributed by atoms with Gasteiger partial charge in [0.2, 0.25) is 0 Å². The fourth-order valence-corrected chi connectivity index (χ4v) is 2.61. The van der Waals surface area contributed by atoms with Gasteiger partial charge in [0.05, 0.1) is 10.00 Å². The number of benzene rings is 1. The van der Waals surface area contributed by atoms with Gasteiger partial charge in [-0.05, 0) is 74.7 Å². The van der Waals surface area contributed by atoms with E-state index in [1.54, 1.807) is 0 Å². The molecule has 0 aliphatic heterocycles. The third kappa shape index (κ3) is 7.16. The Hall–Kier alpha value is -0.520. The van der Waals surface area contributed by atoms with Gasteiger partial charge in [0.1, 0.15) is 18.1 Å². The van der Waals surface area contributed by atoms with Crippen molar-refractivity contribution in [3.63, 3.8) is 0 Å². The maximum Gasteiger partial charge on any atom is 0.126 e. The molecule has 0 saturated carbocycles. The molecule has 0 saturated heterocycles.